The van der Waals surface area contributed by atoms with Crippen LogP contribution < -0.4 is 5.32 Å². The molecule has 1 saturated heterocycles. The number of hydrogen-bond acceptors (Lipinski definition) is 3. The average Bonchev–Trinajstić information content (AvgIpc) is 3.32. The molecule has 1 aliphatic carbocycles. The lowest BCUT2D eigenvalue weighted by atomic mass is 9.81. The Kier molecular flexibility index (Phi) is 6.97. The average molecular weight is 296 g/mol. The first-order valence-electron chi connectivity index (χ1n) is 9.36. The molecule has 0 unspecified atom stereocenters. The van der Waals surface area contributed by atoms with E-state index >= 15 is 0 Å². The molecule has 0 atom stereocenters. The third-order valence-electron chi connectivity index (χ3n) is 5.66. The van der Waals surface area contributed by atoms with Gasteiger partial charge < -0.3 is 15.1 Å². The van der Waals surface area contributed by atoms with E-state index in [9.17, 15) is 0 Å². The van der Waals surface area contributed by atoms with E-state index < -0.39 is 0 Å². The van der Waals surface area contributed by atoms with Crippen molar-refractivity contribution in [2.45, 2.75) is 52.9 Å². The summed E-state index contributed by atoms with van der Waals surface area (Å²) in [6, 6.07) is 0. The van der Waals surface area contributed by atoms with Crippen molar-refractivity contribution in [3.63, 3.8) is 0 Å². The normalized spacial score (nSPS) is 21.9. The highest BCUT2D eigenvalue weighted by atomic mass is 15.3. The van der Waals surface area contributed by atoms with Gasteiger partial charge in [0.25, 0.3) is 0 Å². The fraction of sp³-hybridized carbons (Fsp3) is 1.00. The second-order valence-corrected chi connectivity index (χ2v) is 7.40. The zero-order chi connectivity index (χ0) is 15.1. The van der Waals surface area contributed by atoms with Crippen molar-refractivity contribution in [2.75, 3.05) is 52.4 Å². The molecule has 2 fully saturated rings. The second kappa shape index (κ2) is 8.50. The molecular weight excluding hydrogens is 258 g/mol. The van der Waals surface area contributed by atoms with E-state index in [-0.39, 0.29) is 0 Å². The summed E-state index contributed by atoms with van der Waals surface area (Å²) < 4.78 is 0. The van der Waals surface area contributed by atoms with Gasteiger partial charge in [0.15, 0.2) is 0 Å². The Hall–Kier alpha value is -0.120. The molecule has 124 valence electrons. The summed E-state index contributed by atoms with van der Waals surface area (Å²) in [7, 11) is 0. The zero-order valence-corrected chi connectivity index (χ0v) is 14.7. The van der Waals surface area contributed by atoms with Crippen molar-refractivity contribution >= 4 is 0 Å². The van der Waals surface area contributed by atoms with Crippen LogP contribution in [-0.4, -0.2) is 62.2 Å². The van der Waals surface area contributed by atoms with Crippen molar-refractivity contribution in [3.05, 3.63) is 0 Å². The molecule has 0 spiro atoms. The van der Waals surface area contributed by atoms with Crippen molar-refractivity contribution in [1.29, 1.82) is 0 Å². The Bertz CT molecular complexity index is 276. The Labute approximate surface area is 132 Å². The molecule has 3 heteroatoms. The van der Waals surface area contributed by atoms with Gasteiger partial charge in [-0.1, -0.05) is 20.8 Å². The van der Waals surface area contributed by atoms with Gasteiger partial charge in [0.1, 0.15) is 0 Å². The molecule has 0 aromatic rings. The first-order valence-corrected chi connectivity index (χ1v) is 9.36. The van der Waals surface area contributed by atoms with Crippen molar-refractivity contribution in [3.8, 4) is 0 Å². The van der Waals surface area contributed by atoms with Crippen LogP contribution in [-0.2, 0) is 0 Å². The molecule has 2 rings (SSSR count). The fourth-order valence-electron chi connectivity index (χ4n) is 3.58. The molecule has 0 aromatic heterocycles. The minimum absolute atomic E-state index is 0.480. The summed E-state index contributed by atoms with van der Waals surface area (Å²) in [5.41, 5.74) is 0.480. The lowest BCUT2D eigenvalue weighted by Crippen LogP contribution is -2.52. The zero-order valence-electron chi connectivity index (χ0n) is 14.7. The van der Waals surface area contributed by atoms with Gasteiger partial charge in [-0.2, -0.15) is 0 Å². The summed E-state index contributed by atoms with van der Waals surface area (Å²) in [4.78, 5) is 5.42. The third kappa shape index (κ3) is 5.54. The van der Waals surface area contributed by atoms with E-state index in [1.54, 1.807) is 0 Å². The molecule has 3 nitrogen and oxygen atoms in total. The molecule has 0 bridgehead atoms. The van der Waals surface area contributed by atoms with Crippen LogP contribution >= 0.6 is 0 Å². The number of hydrogen-bond donors (Lipinski definition) is 1. The van der Waals surface area contributed by atoms with E-state index in [1.165, 1.54) is 77.9 Å². The Morgan fingerprint density at radius 2 is 1.57 bits per heavy atom. The van der Waals surface area contributed by atoms with Crippen LogP contribution in [0.2, 0.25) is 0 Å². The molecule has 0 aromatic carbocycles. The fourth-order valence-corrected chi connectivity index (χ4v) is 3.58. The minimum Gasteiger partial charge on any atom is -0.316 e. The molecule has 1 N–H and O–H groups in total. The molecule has 21 heavy (non-hydrogen) atoms. The lowest BCUT2D eigenvalue weighted by molar-refractivity contribution is 0.0764. The summed E-state index contributed by atoms with van der Waals surface area (Å²) in [5.74, 6) is 1.04. The Balaban J connectivity index is 1.74. The van der Waals surface area contributed by atoms with Crippen molar-refractivity contribution in [2.24, 2.45) is 11.3 Å². The van der Waals surface area contributed by atoms with Crippen LogP contribution in [0.3, 0.4) is 0 Å². The maximum atomic E-state index is 3.67. The highest BCUT2D eigenvalue weighted by molar-refractivity contribution is 4.86. The first-order chi connectivity index (χ1) is 10.2. The SMILES string of the molecule is CCCNCC(CC)(CC)CN1CCN(CC2CC2)CC1. The maximum absolute atomic E-state index is 3.67. The van der Waals surface area contributed by atoms with E-state index in [2.05, 4.69) is 35.9 Å². The predicted molar refractivity (Wildman–Crippen MR) is 91.8 cm³/mol. The van der Waals surface area contributed by atoms with E-state index in [4.69, 9.17) is 0 Å². The van der Waals surface area contributed by atoms with E-state index in [0.29, 0.717) is 5.41 Å². The standard InChI is InChI=1S/C18H37N3/c1-4-9-19-15-18(5-2,6-3)16-21-12-10-20(11-13-21)14-17-7-8-17/h17,19H,4-16H2,1-3H3. The second-order valence-electron chi connectivity index (χ2n) is 7.40. The number of piperazine rings is 1. The van der Waals surface area contributed by atoms with E-state index in [0.717, 1.165) is 12.5 Å². The highest BCUT2D eigenvalue weighted by Gasteiger charge is 2.31. The summed E-state index contributed by atoms with van der Waals surface area (Å²) in [6.45, 7) is 17.2. The topological polar surface area (TPSA) is 18.5 Å². The number of nitrogens with zero attached hydrogens (tertiary/aromatic N) is 2. The van der Waals surface area contributed by atoms with Gasteiger partial charge in [-0.3, -0.25) is 0 Å². The number of rotatable bonds is 10. The van der Waals surface area contributed by atoms with Gasteiger partial charge in [0.05, 0.1) is 0 Å². The van der Waals surface area contributed by atoms with Gasteiger partial charge in [-0.25, -0.2) is 0 Å². The van der Waals surface area contributed by atoms with Crippen LogP contribution in [0.4, 0.5) is 0 Å². The summed E-state index contributed by atoms with van der Waals surface area (Å²) in [5, 5.41) is 3.67. The first kappa shape index (κ1) is 17.2. The van der Waals surface area contributed by atoms with Crippen molar-refractivity contribution < 1.29 is 0 Å². The van der Waals surface area contributed by atoms with Crippen LogP contribution in [0.15, 0.2) is 0 Å². The molecule has 1 aliphatic heterocycles. The Morgan fingerprint density at radius 3 is 2.10 bits per heavy atom. The Morgan fingerprint density at radius 1 is 0.952 bits per heavy atom. The molecule has 0 radical (unpaired) electrons. The molecule has 1 heterocycles. The van der Waals surface area contributed by atoms with Crippen LogP contribution in [0.25, 0.3) is 0 Å². The van der Waals surface area contributed by atoms with Crippen LogP contribution in [0.1, 0.15) is 52.9 Å². The molecule has 2 aliphatic rings. The van der Waals surface area contributed by atoms with Gasteiger partial charge >= 0.3 is 0 Å². The van der Waals surface area contributed by atoms with Crippen LogP contribution in [0, 0.1) is 11.3 Å². The van der Waals surface area contributed by atoms with Gasteiger partial charge in [0, 0.05) is 45.8 Å². The quantitative estimate of drug-likeness (QED) is 0.625. The lowest BCUT2D eigenvalue weighted by Gasteiger charge is -2.41. The van der Waals surface area contributed by atoms with Gasteiger partial charge in [-0.15, -0.1) is 0 Å². The molecular formula is C18H37N3. The van der Waals surface area contributed by atoms with Gasteiger partial charge in [0.2, 0.25) is 0 Å². The van der Waals surface area contributed by atoms with Crippen molar-refractivity contribution in [1.82, 2.24) is 15.1 Å². The predicted octanol–water partition coefficient (Wildman–Crippen LogP) is 2.82. The largest absolute Gasteiger partial charge is 0.316 e. The van der Waals surface area contributed by atoms with Crippen LogP contribution in [0.5, 0.6) is 0 Å². The highest BCUT2D eigenvalue weighted by Crippen LogP contribution is 2.31. The maximum Gasteiger partial charge on any atom is 0.0110 e. The monoisotopic (exact) mass is 295 g/mol. The van der Waals surface area contributed by atoms with E-state index in [1.807, 2.05) is 0 Å². The smallest absolute Gasteiger partial charge is 0.0110 e. The van der Waals surface area contributed by atoms with Gasteiger partial charge in [-0.05, 0) is 50.0 Å². The third-order valence-corrected chi connectivity index (χ3v) is 5.66. The number of nitrogens with one attached hydrogen (secondary N) is 1. The molecule has 1 saturated carbocycles. The minimum atomic E-state index is 0.480. The summed E-state index contributed by atoms with van der Waals surface area (Å²) >= 11 is 0. The summed E-state index contributed by atoms with van der Waals surface area (Å²) in [6.07, 6.45) is 6.80. The molecule has 0 amide bonds.